The van der Waals surface area contributed by atoms with Gasteiger partial charge in [0.15, 0.2) is 5.11 Å². The second-order valence-corrected chi connectivity index (χ2v) is 2.41. The predicted octanol–water partition coefficient (Wildman–Crippen LogP) is 0.0984. The van der Waals surface area contributed by atoms with Crippen molar-refractivity contribution in [2.45, 2.75) is 12.8 Å². The molecule has 1 aliphatic heterocycles. The first-order valence-corrected chi connectivity index (χ1v) is 3.22. The molecule has 1 rings (SSSR count). The second-order valence-electron chi connectivity index (χ2n) is 1.99. The van der Waals surface area contributed by atoms with Crippen molar-refractivity contribution in [3.8, 4) is 0 Å². The van der Waals surface area contributed by atoms with E-state index >= 15 is 0 Å². The molecule has 2 N–H and O–H groups in total. The molecule has 0 spiro atoms. The molecule has 4 heteroatoms. The lowest BCUT2D eigenvalue weighted by Gasteiger charge is -2.10. The minimum Gasteiger partial charge on any atom is -0.376 e. The summed E-state index contributed by atoms with van der Waals surface area (Å²) in [6.45, 7) is 0.703. The van der Waals surface area contributed by atoms with Crippen LogP contribution in [-0.4, -0.2) is 22.5 Å². The van der Waals surface area contributed by atoms with Crippen molar-refractivity contribution >= 4 is 23.2 Å². The van der Waals surface area contributed by atoms with E-state index in [0.29, 0.717) is 13.0 Å². The fourth-order valence-corrected chi connectivity index (χ4v) is 1.07. The monoisotopic (exact) mass is 146 g/mol. The van der Waals surface area contributed by atoms with Gasteiger partial charge in [0, 0.05) is 14.4 Å². The predicted molar refractivity (Wildman–Crippen MR) is 39.8 cm³/mol. The summed E-state index contributed by atoms with van der Waals surface area (Å²) in [5, 5.41) is 0.206. The first-order chi connectivity index (χ1) is 4.22. The summed E-state index contributed by atoms with van der Waals surface area (Å²) in [4.78, 5) is 12.2. The van der Waals surface area contributed by atoms with Gasteiger partial charge in [0.2, 0.25) is 5.91 Å². The van der Waals surface area contributed by atoms with Gasteiger partial charge in [-0.15, -0.1) is 0 Å². The van der Waals surface area contributed by atoms with Gasteiger partial charge in [0.1, 0.15) is 0 Å². The van der Waals surface area contributed by atoms with Crippen LogP contribution in [-0.2, 0) is 4.79 Å². The molecule has 0 bridgehead atoms. The van der Waals surface area contributed by atoms with Crippen molar-refractivity contribution in [1.29, 1.82) is 0 Å². The van der Waals surface area contributed by atoms with Crippen LogP contribution in [0.4, 0.5) is 0 Å². The van der Waals surface area contributed by atoms with Gasteiger partial charge in [-0.2, -0.15) is 0 Å². The lowest BCUT2D eigenvalue weighted by atomic mass is 10.4. The van der Waals surface area contributed by atoms with Crippen molar-refractivity contribution in [3.63, 3.8) is 0 Å². The van der Waals surface area contributed by atoms with Crippen LogP contribution in [0.25, 0.3) is 0 Å². The third-order valence-electron chi connectivity index (χ3n) is 1.34. The highest BCUT2D eigenvalue weighted by atomic mass is 32.1. The topological polar surface area (TPSA) is 46.3 Å². The number of hydrogen-bond acceptors (Lipinski definition) is 2. The van der Waals surface area contributed by atoms with Crippen LogP contribution in [0.5, 0.6) is 0 Å². The van der Waals surface area contributed by atoms with Crippen molar-refractivity contribution < 1.29 is 6.22 Å². The number of nitrogens with two attached hydrogens (primary N) is 1. The normalized spacial score (nSPS) is 18.7. The van der Waals surface area contributed by atoms with Gasteiger partial charge in [-0.05, 0) is 18.6 Å². The van der Waals surface area contributed by atoms with Gasteiger partial charge in [-0.1, -0.05) is 0 Å². The van der Waals surface area contributed by atoms with E-state index in [2.05, 4.69) is 12.2 Å². The summed E-state index contributed by atoms with van der Waals surface area (Å²) in [5.74, 6) is 0.0579. The summed E-state index contributed by atoms with van der Waals surface area (Å²) in [7, 11) is 0. The minimum absolute atomic E-state index is 0. The fraction of sp³-hybridized carbons (Fsp3) is 0.600. The van der Waals surface area contributed by atoms with Crippen LogP contribution in [0.3, 0.4) is 0 Å². The molecule has 0 aromatic rings. The minimum atomic E-state index is 0. The third-order valence-corrected chi connectivity index (χ3v) is 1.56. The van der Waals surface area contributed by atoms with E-state index in [0.717, 1.165) is 6.42 Å². The summed E-state index contributed by atoms with van der Waals surface area (Å²) < 4.78 is 0. The Morgan fingerprint density at radius 1 is 1.89 bits per heavy atom. The molecule has 0 aromatic heterocycles. The number of amides is 1. The highest BCUT2D eigenvalue weighted by molar-refractivity contribution is 7.80. The number of likely N-dealkylation sites (tertiary alicyclic amines) is 1. The quantitative estimate of drug-likeness (QED) is 0.493. The van der Waals surface area contributed by atoms with Crippen LogP contribution >= 0.6 is 12.2 Å². The Balaban J connectivity index is 0.000000810. The molecule has 0 aliphatic carbocycles. The SMILES string of the molecule is NC(=S)N1CCCC1=O.[HH]. The van der Waals surface area contributed by atoms with Crippen LogP contribution < -0.4 is 5.73 Å². The molecular weight excluding hydrogens is 136 g/mol. The highest BCUT2D eigenvalue weighted by Gasteiger charge is 2.21. The number of thiocarbonyl (C=S) groups is 1. The maximum Gasteiger partial charge on any atom is 0.228 e. The van der Waals surface area contributed by atoms with E-state index in [1.807, 2.05) is 0 Å². The van der Waals surface area contributed by atoms with Gasteiger partial charge < -0.3 is 5.73 Å². The van der Waals surface area contributed by atoms with E-state index < -0.39 is 0 Å². The maximum atomic E-state index is 10.8. The average molecular weight is 146 g/mol. The number of rotatable bonds is 0. The zero-order valence-corrected chi connectivity index (χ0v) is 5.78. The zero-order valence-electron chi connectivity index (χ0n) is 4.96. The van der Waals surface area contributed by atoms with Crippen LogP contribution in [0.2, 0.25) is 0 Å². The molecule has 0 atom stereocenters. The van der Waals surface area contributed by atoms with Gasteiger partial charge in [0.25, 0.3) is 0 Å². The third kappa shape index (κ3) is 1.18. The van der Waals surface area contributed by atoms with Crippen molar-refractivity contribution in [2.75, 3.05) is 6.54 Å². The standard InChI is InChI=1S/C5H8N2OS.H2/c6-5(9)7-3-1-2-4(7)8;/h1-3H2,(H2,6,9);1H. The number of carbonyl (C=O) groups is 1. The van der Waals surface area contributed by atoms with Gasteiger partial charge >= 0.3 is 0 Å². The van der Waals surface area contributed by atoms with E-state index in [1.54, 1.807) is 0 Å². The lowest BCUT2D eigenvalue weighted by molar-refractivity contribution is -0.124. The highest BCUT2D eigenvalue weighted by Crippen LogP contribution is 2.07. The molecule has 1 heterocycles. The van der Waals surface area contributed by atoms with E-state index in [4.69, 9.17) is 5.73 Å². The molecule has 0 aromatic carbocycles. The molecule has 52 valence electrons. The number of nitrogens with zero attached hydrogens (tertiary/aromatic N) is 1. The molecule has 1 fully saturated rings. The largest absolute Gasteiger partial charge is 0.376 e. The van der Waals surface area contributed by atoms with E-state index in [1.165, 1.54) is 4.90 Å². The molecule has 9 heavy (non-hydrogen) atoms. The summed E-state index contributed by atoms with van der Waals surface area (Å²) in [6.07, 6.45) is 1.48. The molecule has 1 aliphatic rings. The van der Waals surface area contributed by atoms with Crippen molar-refractivity contribution in [1.82, 2.24) is 4.90 Å². The van der Waals surface area contributed by atoms with E-state index in [9.17, 15) is 4.79 Å². The van der Waals surface area contributed by atoms with E-state index in [-0.39, 0.29) is 12.4 Å². The maximum absolute atomic E-state index is 10.8. The smallest absolute Gasteiger partial charge is 0.228 e. The van der Waals surface area contributed by atoms with Gasteiger partial charge in [-0.25, -0.2) is 0 Å². The van der Waals surface area contributed by atoms with Gasteiger partial charge in [0.05, 0.1) is 0 Å². The Hall–Kier alpha value is -0.640. The van der Waals surface area contributed by atoms with Crippen molar-refractivity contribution in [2.24, 2.45) is 5.73 Å². The molecule has 1 amide bonds. The fourth-order valence-electron chi connectivity index (χ4n) is 0.881. The van der Waals surface area contributed by atoms with Crippen LogP contribution in [0, 0.1) is 0 Å². The zero-order chi connectivity index (χ0) is 6.85. The Morgan fingerprint density at radius 2 is 2.56 bits per heavy atom. The first-order valence-electron chi connectivity index (χ1n) is 2.81. The van der Waals surface area contributed by atoms with Crippen molar-refractivity contribution in [3.05, 3.63) is 0 Å². The molecule has 3 nitrogen and oxygen atoms in total. The first kappa shape index (κ1) is 6.48. The second kappa shape index (κ2) is 2.31. The van der Waals surface area contributed by atoms with Crippen LogP contribution in [0.1, 0.15) is 14.3 Å². The Labute approximate surface area is 60.3 Å². The Kier molecular flexibility index (Phi) is 1.66. The van der Waals surface area contributed by atoms with Gasteiger partial charge in [-0.3, -0.25) is 9.69 Å². The number of carbonyl (C=O) groups excluding carboxylic acids is 1. The van der Waals surface area contributed by atoms with Crippen LogP contribution in [0.15, 0.2) is 0 Å². The molecule has 0 radical (unpaired) electrons. The summed E-state index contributed by atoms with van der Waals surface area (Å²) >= 11 is 4.62. The molecular formula is C5H10N2OS. The molecule has 1 saturated heterocycles. The average Bonchev–Trinajstić information content (AvgIpc) is 2.13. The summed E-state index contributed by atoms with van der Waals surface area (Å²) in [5.41, 5.74) is 5.22. The number of hydrogen-bond donors (Lipinski definition) is 1. The lowest BCUT2D eigenvalue weighted by Crippen LogP contribution is -2.35. The Morgan fingerprint density at radius 3 is 2.78 bits per heavy atom. The summed E-state index contributed by atoms with van der Waals surface area (Å²) in [6, 6.07) is 0. The Bertz CT molecular complexity index is 162. The molecule has 0 unspecified atom stereocenters. The molecule has 0 saturated carbocycles.